The molecule has 1 aliphatic rings. The zero-order valence-corrected chi connectivity index (χ0v) is 13.5. The second-order valence-electron chi connectivity index (χ2n) is 6.37. The zero-order chi connectivity index (χ0) is 14.5. The van der Waals surface area contributed by atoms with Gasteiger partial charge in [-0.2, -0.15) is 12.7 Å². The minimum atomic E-state index is -3.25. The summed E-state index contributed by atoms with van der Waals surface area (Å²) in [5, 5.41) is 3.50. The molecule has 0 bridgehead atoms. The molecule has 0 atom stereocenters. The lowest BCUT2D eigenvalue weighted by molar-refractivity contribution is 0.250. The first-order valence-electron chi connectivity index (χ1n) is 7.24. The summed E-state index contributed by atoms with van der Waals surface area (Å²) >= 11 is 0. The van der Waals surface area contributed by atoms with E-state index in [9.17, 15) is 8.42 Å². The molecule has 1 saturated heterocycles. The Morgan fingerprint density at radius 3 is 2.26 bits per heavy atom. The summed E-state index contributed by atoms with van der Waals surface area (Å²) in [6.45, 7) is 11.2. The van der Waals surface area contributed by atoms with Gasteiger partial charge in [0.25, 0.3) is 10.2 Å². The summed E-state index contributed by atoms with van der Waals surface area (Å²) in [5.74, 6) is 0.580. The van der Waals surface area contributed by atoms with Crippen molar-refractivity contribution in [3.05, 3.63) is 0 Å². The highest BCUT2D eigenvalue weighted by molar-refractivity contribution is 7.87. The summed E-state index contributed by atoms with van der Waals surface area (Å²) in [7, 11) is -3.25. The van der Waals surface area contributed by atoms with E-state index in [1.165, 1.54) is 0 Å². The smallest absolute Gasteiger partial charge is 0.279 e. The van der Waals surface area contributed by atoms with Gasteiger partial charge >= 0.3 is 0 Å². The Morgan fingerprint density at radius 1 is 1.21 bits per heavy atom. The molecule has 0 unspecified atom stereocenters. The Labute approximate surface area is 118 Å². The van der Waals surface area contributed by atoms with Gasteiger partial charge in [0.2, 0.25) is 0 Å². The third-order valence-corrected chi connectivity index (χ3v) is 4.98. The predicted molar refractivity (Wildman–Crippen MR) is 79.3 cm³/mol. The summed E-state index contributed by atoms with van der Waals surface area (Å²) in [6.07, 6.45) is 2.71. The first kappa shape index (κ1) is 16.9. The number of nitrogens with one attached hydrogen (secondary N) is 2. The maximum absolute atomic E-state index is 12.0. The lowest BCUT2D eigenvalue weighted by Crippen LogP contribution is -2.47. The maximum Gasteiger partial charge on any atom is 0.279 e. The van der Waals surface area contributed by atoms with E-state index in [4.69, 9.17) is 0 Å². The van der Waals surface area contributed by atoms with Crippen LogP contribution in [0.2, 0.25) is 0 Å². The van der Waals surface area contributed by atoms with Crippen molar-refractivity contribution in [2.75, 3.05) is 26.2 Å². The Bertz CT molecular complexity index is 355. The molecule has 5 nitrogen and oxygen atoms in total. The van der Waals surface area contributed by atoms with Crippen molar-refractivity contribution in [2.24, 2.45) is 5.92 Å². The van der Waals surface area contributed by atoms with E-state index < -0.39 is 10.2 Å². The number of piperidine rings is 1. The van der Waals surface area contributed by atoms with E-state index in [1.807, 2.05) is 6.92 Å². The van der Waals surface area contributed by atoms with E-state index >= 15 is 0 Å². The minimum absolute atomic E-state index is 0.131. The molecule has 0 aromatic rings. The average molecular weight is 291 g/mol. The van der Waals surface area contributed by atoms with Gasteiger partial charge in [-0.05, 0) is 52.5 Å². The van der Waals surface area contributed by atoms with Crippen molar-refractivity contribution in [3.8, 4) is 0 Å². The number of hydrogen-bond donors (Lipinski definition) is 2. The molecule has 0 aromatic heterocycles. The van der Waals surface area contributed by atoms with Crippen LogP contribution in [0.5, 0.6) is 0 Å². The molecule has 2 N–H and O–H groups in total. The number of hydrogen-bond acceptors (Lipinski definition) is 3. The average Bonchev–Trinajstić information content (AvgIpc) is 2.34. The molecule has 0 spiro atoms. The molecular formula is C13H29N3O2S. The highest BCUT2D eigenvalue weighted by Gasteiger charge is 2.27. The molecule has 0 radical (unpaired) electrons. The van der Waals surface area contributed by atoms with Gasteiger partial charge in [0.05, 0.1) is 0 Å². The van der Waals surface area contributed by atoms with Gasteiger partial charge in [-0.25, -0.2) is 4.72 Å². The molecule has 1 rings (SSSR count). The molecule has 0 saturated carbocycles. The van der Waals surface area contributed by atoms with Crippen LogP contribution in [0, 0.1) is 5.92 Å². The zero-order valence-electron chi connectivity index (χ0n) is 12.7. The van der Waals surface area contributed by atoms with Crippen molar-refractivity contribution < 1.29 is 8.42 Å². The quantitative estimate of drug-likeness (QED) is 0.776. The molecule has 0 aliphatic carbocycles. The van der Waals surface area contributed by atoms with Gasteiger partial charge in [-0.1, -0.05) is 6.92 Å². The van der Waals surface area contributed by atoms with Gasteiger partial charge in [-0.3, -0.25) is 0 Å². The van der Waals surface area contributed by atoms with E-state index in [2.05, 4.69) is 30.8 Å². The second kappa shape index (κ2) is 7.02. The third-order valence-electron chi connectivity index (χ3n) is 3.37. The molecule has 1 fully saturated rings. The van der Waals surface area contributed by atoms with Gasteiger partial charge in [-0.15, -0.1) is 0 Å². The van der Waals surface area contributed by atoms with Crippen molar-refractivity contribution in [1.82, 2.24) is 14.3 Å². The highest BCUT2D eigenvalue weighted by atomic mass is 32.2. The SMILES string of the molecule is CCCNS(=O)(=O)N1CCC(CNC(C)(C)C)CC1. The Balaban J connectivity index is 2.36. The van der Waals surface area contributed by atoms with Gasteiger partial charge in [0.15, 0.2) is 0 Å². The van der Waals surface area contributed by atoms with Crippen LogP contribution in [0.4, 0.5) is 0 Å². The Hall–Kier alpha value is -0.170. The van der Waals surface area contributed by atoms with Crippen LogP contribution in [0.25, 0.3) is 0 Å². The molecule has 114 valence electrons. The monoisotopic (exact) mass is 291 g/mol. The van der Waals surface area contributed by atoms with Crippen LogP contribution in [-0.4, -0.2) is 44.4 Å². The normalized spacial score (nSPS) is 19.8. The summed E-state index contributed by atoms with van der Waals surface area (Å²) < 4.78 is 28.1. The van der Waals surface area contributed by atoms with Crippen molar-refractivity contribution in [3.63, 3.8) is 0 Å². The topological polar surface area (TPSA) is 61.4 Å². The lowest BCUT2D eigenvalue weighted by Gasteiger charge is -2.33. The fraction of sp³-hybridized carbons (Fsp3) is 1.00. The molecule has 19 heavy (non-hydrogen) atoms. The predicted octanol–water partition coefficient (Wildman–Crippen LogP) is 1.33. The van der Waals surface area contributed by atoms with Crippen LogP contribution in [0.15, 0.2) is 0 Å². The van der Waals surface area contributed by atoms with E-state index in [-0.39, 0.29) is 5.54 Å². The number of nitrogens with zero attached hydrogens (tertiary/aromatic N) is 1. The molecule has 0 amide bonds. The fourth-order valence-corrected chi connectivity index (χ4v) is 3.46. The molecule has 1 heterocycles. The third kappa shape index (κ3) is 6.21. The molecule has 1 aliphatic heterocycles. The van der Waals surface area contributed by atoms with Crippen molar-refractivity contribution >= 4 is 10.2 Å². The standard InChI is InChI=1S/C13H29N3O2S/c1-5-8-15-19(17,18)16-9-6-12(7-10-16)11-14-13(2,3)4/h12,14-15H,5-11H2,1-4H3. The fourth-order valence-electron chi connectivity index (χ4n) is 2.13. The Morgan fingerprint density at radius 2 is 1.79 bits per heavy atom. The highest BCUT2D eigenvalue weighted by Crippen LogP contribution is 2.19. The van der Waals surface area contributed by atoms with Crippen molar-refractivity contribution in [1.29, 1.82) is 0 Å². The van der Waals surface area contributed by atoms with E-state index in [0.717, 1.165) is 25.8 Å². The second-order valence-corrected chi connectivity index (χ2v) is 8.13. The first-order chi connectivity index (χ1) is 8.74. The van der Waals surface area contributed by atoms with Crippen LogP contribution in [-0.2, 0) is 10.2 Å². The summed E-state index contributed by atoms with van der Waals surface area (Å²) in [6, 6.07) is 0. The van der Waals surface area contributed by atoms with Crippen molar-refractivity contribution in [2.45, 2.75) is 52.5 Å². The summed E-state index contributed by atoms with van der Waals surface area (Å²) in [5.41, 5.74) is 0.131. The largest absolute Gasteiger partial charge is 0.312 e. The first-order valence-corrected chi connectivity index (χ1v) is 8.68. The van der Waals surface area contributed by atoms with E-state index in [1.54, 1.807) is 4.31 Å². The van der Waals surface area contributed by atoms with E-state index in [0.29, 0.717) is 25.6 Å². The molecular weight excluding hydrogens is 262 g/mol. The van der Waals surface area contributed by atoms with Gasteiger partial charge in [0.1, 0.15) is 0 Å². The summed E-state index contributed by atoms with van der Waals surface area (Å²) in [4.78, 5) is 0. The molecule has 6 heteroatoms. The van der Waals surface area contributed by atoms with Gasteiger partial charge in [0, 0.05) is 25.2 Å². The lowest BCUT2D eigenvalue weighted by atomic mass is 9.97. The number of rotatable bonds is 6. The van der Waals surface area contributed by atoms with Crippen LogP contribution in [0.1, 0.15) is 47.0 Å². The van der Waals surface area contributed by atoms with Crippen LogP contribution >= 0.6 is 0 Å². The maximum atomic E-state index is 12.0. The van der Waals surface area contributed by atoms with Crippen LogP contribution in [0.3, 0.4) is 0 Å². The minimum Gasteiger partial charge on any atom is -0.312 e. The van der Waals surface area contributed by atoms with Gasteiger partial charge < -0.3 is 5.32 Å². The Kier molecular flexibility index (Phi) is 6.23. The van der Waals surface area contributed by atoms with Crippen LogP contribution < -0.4 is 10.0 Å². The molecule has 0 aromatic carbocycles.